The largest absolute Gasteiger partial charge is 0.466 e. The highest BCUT2D eigenvalue weighted by atomic mass is 32.9. The Morgan fingerprint density at radius 2 is 0.732 bits per heavy atom. The van der Waals surface area contributed by atoms with Crippen LogP contribution in [0, 0.1) is 23.7 Å². The second kappa shape index (κ2) is 43.9. The van der Waals surface area contributed by atoms with Gasteiger partial charge in [0.25, 0.3) is 0 Å². The lowest BCUT2D eigenvalue weighted by Crippen LogP contribution is -2.17. The molecule has 0 saturated carbocycles. The van der Waals surface area contributed by atoms with E-state index in [4.69, 9.17) is 88.2 Å². The maximum absolute atomic E-state index is 12.2. The van der Waals surface area contributed by atoms with Crippen molar-refractivity contribution in [2.24, 2.45) is 23.7 Å². The van der Waals surface area contributed by atoms with Crippen LogP contribution in [-0.2, 0) is 92.9 Å². The molecule has 22 heteroatoms. The summed E-state index contributed by atoms with van der Waals surface area (Å²) in [5.41, 5.74) is -11.4. The maximum Gasteiger partial charge on any atom is 0.306 e. The zero-order chi connectivity index (χ0) is 53.8. The molecule has 8 unspecified atom stereocenters. The van der Waals surface area contributed by atoms with Crippen molar-refractivity contribution in [1.29, 1.82) is 0 Å². The molecule has 0 amide bonds. The Morgan fingerprint density at radius 3 is 1.00 bits per heavy atom. The van der Waals surface area contributed by atoms with E-state index in [0.29, 0.717) is 79.7 Å². The average molecular weight is 1230 g/mol. The molecule has 0 aromatic rings. The smallest absolute Gasteiger partial charge is 0.306 e. The van der Waals surface area contributed by atoms with E-state index in [-0.39, 0.29) is 36.8 Å². The minimum Gasteiger partial charge on any atom is -0.466 e. The molecule has 0 radical (unpaired) electrons. The third-order valence-electron chi connectivity index (χ3n) is 11.6. The van der Waals surface area contributed by atoms with Crippen molar-refractivity contribution in [2.45, 2.75) is 231 Å². The average Bonchev–Trinajstić information content (AvgIpc) is 3.32. The zero-order valence-corrected chi connectivity index (χ0v) is 56.8. The molecule has 0 fully saturated rings. The molecule has 426 valence electrons. The zero-order valence-electron chi connectivity index (χ0n) is 46.6. The number of rotatable bonds is 50. The monoisotopic (exact) mass is 1230 g/mol. The van der Waals surface area contributed by atoms with Gasteiger partial charge in [0.1, 0.15) is 0 Å². The van der Waals surface area contributed by atoms with E-state index < -0.39 is 22.8 Å². The Kier molecular flexibility index (Phi) is 45.8. The first-order valence-corrected chi connectivity index (χ1v) is 44.0. The van der Waals surface area contributed by atoms with Crippen molar-refractivity contribution in [3.63, 3.8) is 0 Å². The van der Waals surface area contributed by atoms with Crippen LogP contribution in [0.15, 0.2) is 0 Å². The first kappa shape index (κ1) is 74.2. The van der Waals surface area contributed by atoms with Crippen LogP contribution in [0.25, 0.3) is 0 Å². The molecule has 0 rings (SSSR count). The maximum atomic E-state index is 12.2. The van der Waals surface area contributed by atoms with E-state index >= 15 is 0 Å². The predicted molar refractivity (Wildman–Crippen MR) is 333 cm³/mol. The van der Waals surface area contributed by atoms with Gasteiger partial charge in [-0.25, -0.2) is 0 Å². The molecule has 0 N–H and O–H groups in total. The lowest BCUT2D eigenvalue weighted by Gasteiger charge is -2.32. The molecule has 8 atom stereocenters. The van der Waals surface area contributed by atoms with Gasteiger partial charge in [-0.15, -0.1) is 0 Å². The predicted octanol–water partition coefficient (Wildman–Crippen LogP) is 19.3. The molecule has 0 aromatic carbocycles. The normalized spacial score (nSPS) is 18.6. The molecule has 71 heavy (non-hydrogen) atoms. The number of hydrogen-bond donors (Lipinski definition) is 0. The lowest BCUT2D eigenvalue weighted by molar-refractivity contribution is -0.142. The van der Waals surface area contributed by atoms with Gasteiger partial charge in [-0.05, 0) is 138 Å². The number of ether oxygens (including phenoxy) is 1. The van der Waals surface area contributed by atoms with Crippen LogP contribution in [0.4, 0.5) is 0 Å². The van der Waals surface area contributed by atoms with Gasteiger partial charge in [-0.3, -0.25) is 4.79 Å². The molecule has 10 nitrogen and oxygen atoms in total. The minimum atomic E-state index is -3.07. The summed E-state index contributed by atoms with van der Waals surface area (Å²) in [5, 5.41) is 0. The summed E-state index contributed by atoms with van der Waals surface area (Å²) in [5.74, 6) is 3.41. The molecule has 0 saturated heterocycles. The molecule has 0 aromatic heterocycles. The second-order valence-electron chi connectivity index (χ2n) is 18.8. The summed E-state index contributed by atoms with van der Waals surface area (Å²) >= 11 is 31.2. The highest BCUT2D eigenvalue weighted by molar-refractivity contribution is 8.69. The Morgan fingerprint density at radius 1 is 0.437 bits per heavy atom. The number of carbonyl (C=O) groups is 1. The lowest BCUT2D eigenvalue weighted by atomic mass is 10.0. The van der Waals surface area contributed by atoms with E-state index in [2.05, 4.69) is 55.4 Å². The third kappa shape index (κ3) is 37.7. The van der Waals surface area contributed by atoms with Gasteiger partial charge in [-0.2, -0.15) is 0 Å². The third-order valence-corrected chi connectivity index (χ3v) is 33.6. The Hall–Kier alpha value is 3.15. The molecular weight excluding hydrogens is 1130 g/mol. The van der Waals surface area contributed by atoms with Gasteiger partial charge in [-0.1, -0.05) is 178 Å². The van der Waals surface area contributed by atoms with E-state index in [9.17, 15) is 4.79 Å². The van der Waals surface area contributed by atoms with Gasteiger partial charge in [0, 0.05) is 23.0 Å². The quantitative estimate of drug-likeness (QED) is 0.0426. The van der Waals surface area contributed by atoms with Crippen LogP contribution in [0.2, 0.25) is 0 Å². The Bertz CT molecular complexity index is 1420. The van der Waals surface area contributed by atoms with Crippen molar-refractivity contribution >= 4 is 121 Å². The summed E-state index contributed by atoms with van der Waals surface area (Å²) in [6.45, 7) is 32.3. The van der Waals surface area contributed by atoms with Crippen molar-refractivity contribution in [3.05, 3.63) is 0 Å². The van der Waals surface area contributed by atoms with Crippen LogP contribution in [0.5, 0.6) is 0 Å². The fourth-order valence-electron chi connectivity index (χ4n) is 6.85. The van der Waals surface area contributed by atoms with Crippen molar-refractivity contribution < 1.29 is 45.7 Å². The number of esters is 1. The molecule has 0 bridgehead atoms. The SMILES string of the molecule is CCCCC(CC)COP(=S)(OCC(CC)CCCC)SCC(C)OP(=S)(OC(C)CSP(=S)(OCC(CC)CCCC)OCC(CC)CCCC)SCC(C)OP(=S)(OC(C)C)SCCC(=O)OCC. The minimum absolute atomic E-state index is 0.161. The highest BCUT2D eigenvalue weighted by Crippen LogP contribution is 2.68. The van der Waals surface area contributed by atoms with Gasteiger partial charge >= 0.3 is 5.97 Å². The first-order valence-electron chi connectivity index (χ1n) is 27.1. The van der Waals surface area contributed by atoms with Gasteiger partial charge < -0.3 is 40.9 Å². The Balaban J connectivity index is 6.68. The molecule has 0 aliphatic heterocycles. The Labute approximate surface area is 473 Å². The van der Waals surface area contributed by atoms with Crippen molar-refractivity contribution in [2.75, 3.05) is 56.0 Å². The molecule has 0 aliphatic rings. The molecular formula is C49H102O10P4S8. The summed E-state index contributed by atoms with van der Waals surface area (Å²) in [6.07, 6.45) is 16.9. The van der Waals surface area contributed by atoms with E-state index in [1.165, 1.54) is 48.4 Å². The van der Waals surface area contributed by atoms with E-state index in [1.54, 1.807) is 29.7 Å². The summed E-state index contributed by atoms with van der Waals surface area (Å²) < 4.78 is 58.5. The number of carbonyl (C=O) groups excluding carboxylic acids is 1. The van der Waals surface area contributed by atoms with Crippen LogP contribution in [-0.4, -0.2) is 86.4 Å². The van der Waals surface area contributed by atoms with Crippen LogP contribution < -0.4 is 0 Å². The highest BCUT2D eigenvalue weighted by Gasteiger charge is 2.33. The second-order valence-corrected chi connectivity index (χ2v) is 44.1. The van der Waals surface area contributed by atoms with Gasteiger partial charge in [0.05, 0.1) is 63.9 Å². The van der Waals surface area contributed by atoms with Crippen LogP contribution in [0.1, 0.15) is 206 Å². The molecule has 0 spiro atoms. The van der Waals surface area contributed by atoms with Gasteiger partial charge in [0.2, 0.25) is 22.8 Å². The first-order chi connectivity index (χ1) is 33.6. The fourth-order valence-corrected chi connectivity index (χ4v) is 27.0. The summed E-state index contributed by atoms with van der Waals surface area (Å²) in [6, 6.07) is 0. The van der Waals surface area contributed by atoms with Crippen LogP contribution in [0.3, 0.4) is 0 Å². The summed E-state index contributed by atoms with van der Waals surface area (Å²) in [4.78, 5) is 12.2. The molecule has 0 aliphatic carbocycles. The molecule has 0 heterocycles. The van der Waals surface area contributed by atoms with Crippen molar-refractivity contribution in [1.82, 2.24) is 0 Å². The van der Waals surface area contributed by atoms with Gasteiger partial charge in [0.15, 0.2) is 0 Å². The topological polar surface area (TPSA) is 100 Å². The fraction of sp³-hybridized carbons (Fsp3) is 0.980. The van der Waals surface area contributed by atoms with Crippen LogP contribution >= 0.6 is 68.3 Å². The summed E-state index contributed by atoms with van der Waals surface area (Å²) in [7, 11) is 0. The number of unbranched alkanes of at least 4 members (excludes halogenated alkanes) is 4. The van der Waals surface area contributed by atoms with Crippen molar-refractivity contribution in [3.8, 4) is 0 Å². The van der Waals surface area contributed by atoms with E-state index in [1.807, 2.05) is 34.6 Å². The van der Waals surface area contributed by atoms with E-state index in [0.717, 1.165) is 77.0 Å². The standard InChI is InChI=1S/C49H102O10P4S8/c1-15-24-28-45(19-5)34-52-60(64,53-35-46(20-6)29-25-16-2)69-38-42(12)58-63(67,71-40-44(14)57-62(66,56-41(10)11)68-33-32-49(50)51-23-9)59-43(13)39-70-61(65,54-36-47(21-7)30-26-17-3)55-37-48(22-8)31-27-18-4/h41-48H,15-40H2,1-14H3. The number of hydrogen-bond acceptors (Lipinski definition) is 18.